The van der Waals surface area contributed by atoms with E-state index in [-0.39, 0.29) is 23.5 Å². The van der Waals surface area contributed by atoms with Gasteiger partial charge in [0.2, 0.25) is 5.82 Å². The lowest BCUT2D eigenvalue weighted by atomic mass is 9.94. The molecule has 1 atom stereocenters. The van der Waals surface area contributed by atoms with Crippen LogP contribution in [0.4, 0.5) is 14.9 Å². The first-order valence-corrected chi connectivity index (χ1v) is 11.2. The topological polar surface area (TPSA) is 101 Å². The Labute approximate surface area is 206 Å². The van der Waals surface area contributed by atoms with Crippen molar-refractivity contribution in [2.45, 2.75) is 19.9 Å². The van der Waals surface area contributed by atoms with Gasteiger partial charge in [-0.2, -0.15) is 4.98 Å². The number of aromatic hydroxyl groups is 1. The smallest absolute Gasteiger partial charge is 0.326 e. The van der Waals surface area contributed by atoms with Gasteiger partial charge in [0.1, 0.15) is 5.82 Å². The molecule has 182 valence electrons. The first-order valence-electron chi connectivity index (χ1n) is 11.2. The molecule has 0 fully saturated rings. The van der Waals surface area contributed by atoms with Gasteiger partial charge in [-0.15, -0.1) is 0 Å². The van der Waals surface area contributed by atoms with E-state index in [0.29, 0.717) is 33.8 Å². The van der Waals surface area contributed by atoms with E-state index in [2.05, 4.69) is 15.5 Å². The molecular weight excluding hydrogens is 463 g/mol. The predicted octanol–water partition coefficient (Wildman–Crippen LogP) is 5.60. The molecule has 5 rings (SSSR count). The fraction of sp³-hybridized carbons (Fsp3) is 0.148. The van der Waals surface area contributed by atoms with Gasteiger partial charge in [-0.25, -0.2) is 9.18 Å². The second-order valence-electron chi connectivity index (χ2n) is 8.42. The van der Waals surface area contributed by atoms with Crippen LogP contribution in [0, 0.1) is 12.7 Å². The summed E-state index contributed by atoms with van der Waals surface area (Å²) in [6.45, 7) is 3.73. The molecule has 1 unspecified atom stereocenters. The summed E-state index contributed by atoms with van der Waals surface area (Å²) < 4.78 is 24.6. The number of allylic oxidation sites excluding steroid dienone is 1. The fourth-order valence-electron chi connectivity index (χ4n) is 4.31. The molecule has 1 aliphatic heterocycles. The average molecular weight is 487 g/mol. The molecule has 0 aliphatic carbocycles. The summed E-state index contributed by atoms with van der Waals surface area (Å²) >= 11 is 0. The zero-order valence-electron chi connectivity index (χ0n) is 19.8. The maximum atomic E-state index is 13.8. The maximum absolute atomic E-state index is 13.8. The molecule has 2 amide bonds. The number of nitrogens with zero attached hydrogens (tertiary/aromatic N) is 3. The first kappa shape index (κ1) is 23.1. The summed E-state index contributed by atoms with van der Waals surface area (Å²) in [7, 11) is 1.46. The van der Waals surface area contributed by atoms with Crippen molar-refractivity contribution in [1.82, 2.24) is 15.5 Å². The molecule has 3 aromatic carbocycles. The maximum Gasteiger partial charge on any atom is 0.326 e. The number of halogens is 1. The fourth-order valence-corrected chi connectivity index (χ4v) is 4.31. The number of benzene rings is 3. The van der Waals surface area contributed by atoms with E-state index in [1.165, 1.54) is 30.2 Å². The van der Waals surface area contributed by atoms with Crippen LogP contribution in [-0.2, 0) is 0 Å². The van der Waals surface area contributed by atoms with Crippen LogP contribution in [0.25, 0.3) is 17.0 Å². The normalized spacial score (nSPS) is 15.7. The zero-order chi connectivity index (χ0) is 25.4. The minimum absolute atomic E-state index is 0.0756. The van der Waals surface area contributed by atoms with Crippen LogP contribution >= 0.6 is 0 Å². The Morgan fingerprint density at radius 3 is 2.61 bits per heavy atom. The van der Waals surface area contributed by atoms with Gasteiger partial charge in [-0.3, -0.25) is 4.90 Å². The van der Waals surface area contributed by atoms with Crippen molar-refractivity contribution in [2.75, 3.05) is 12.0 Å². The number of hydrogen-bond donors (Lipinski definition) is 2. The number of aromatic nitrogens is 2. The highest BCUT2D eigenvalue weighted by atomic mass is 19.1. The van der Waals surface area contributed by atoms with E-state index in [1.54, 1.807) is 31.2 Å². The number of rotatable bonds is 5. The van der Waals surface area contributed by atoms with Crippen molar-refractivity contribution in [3.8, 4) is 22.9 Å². The molecule has 2 N–H and O–H groups in total. The van der Waals surface area contributed by atoms with Crippen molar-refractivity contribution in [3.63, 3.8) is 0 Å². The minimum Gasteiger partial charge on any atom is -0.504 e. The van der Waals surface area contributed by atoms with E-state index >= 15 is 0 Å². The molecule has 0 spiro atoms. The molecule has 0 bridgehead atoms. The lowest BCUT2D eigenvalue weighted by Crippen LogP contribution is -2.46. The molecule has 2 heterocycles. The highest BCUT2D eigenvalue weighted by molar-refractivity contribution is 6.01. The molecule has 0 saturated heterocycles. The molecule has 0 radical (unpaired) electrons. The quantitative estimate of drug-likeness (QED) is 0.381. The Hall–Kier alpha value is -4.66. The second kappa shape index (κ2) is 9.18. The third kappa shape index (κ3) is 4.15. The van der Waals surface area contributed by atoms with E-state index in [4.69, 9.17) is 9.26 Å². The summed E-state index contributed by atoms with van der Waals surface area (Å²) in [4.78, 5) is 19.4. The van der Waals surface area contributed by atoms with Gasteiger partial charge in [0, 0.05) is 11.3 Å². The molecule has 8 nitrogen and oxygen atoms in total. The number of anilines is 1. The SMILES string of the molecule is COc1ccc(C2NC(=O)N(c3cccc(C)c3)C(C)=C2c2nc(-c3cccc(F)c3)no2)cc1O. The highest BCUT2D eigenvalue weighted by Gasteiger charge is 2.37. The second-order valence-corrected chi connectivity index (χ2v) is 8.42. The molecule has 1 aromatic heterocycles. The number of amides is 2. The number of hydrogen-bond acceptors (Lipinski definition) is 6. The molecule has 9 heteroatoms. The van der Waals surface area contributed by atoms with Gasteiger partial charge in [-0.1, -0.05) is 35.5 Å². The number of aryl methyl sites for hydroxylation is 1. The van der Waals surface area contributed by atoms with Crippen molar-refractivity contribution in [1.29, 1.82) is 0 Å². The molecule has 36 heavy (non-hydrogen) atoms. The van der Waals surface area contributed by atoms with Gasteiger partial charge in [0.25, 0.3) is 5.89 Å². The van der Waals surface area contributed by atoms with Crippen molar-refractivity contribution in [2.24, 2.45) is 0 Å². The Balaban J connectivity index is 1.67. The Morgan fingerprint density at radius 1 is 1.08 bits per heavy atom. The molecule has 1 aliphatic rings. The van der Waals surface area contributed by atoms with Crippen LogP contribution in [0.2, 0.25) is 0 Å². The number of nitrogens with one attached hydrogen (secondary N) is 1. The molecule has 4 aromatic rings. The van der Waals surface area contributed by atoms with Crippen molar-refractivity contribution < 1.29 is 23.6 Å². The Kier molecular flexibility index (Phi) is 5.89. The standard InChI is InChI=1S/C27H23FN4O4/c1-15-6-4-9-20(12-15)32-16(2)23(26-30-25(31-36-26)18-7-5-8-19(28)13-18)24(29-27(32)34)17-10-11-22(35-3)21(33)14-17/h4-14,24,33H,1-3H3,(H,29,34). The van der Waals surface area contributed by atoms with Crippen molar-refractivity contribution >= 4 is 17.3 Å². The highest BCUT2D eigenvalue weighted by Crippen LogP contribution is 2.41. The number of carbonyl (C=O) groups excluding carboxylic acids is 1. The van der Waals surface area contributed by atoms with Crippen LogP contribution in [0.1, 0.15) is 30.0 Å². The van der Waals surface area contributed by atoms with E-state index in [9.17, 15) is 14.3 Å². The molecular formula is C27H23FN4O4. The summed E-state index contributed by atoms with van der Waals surface area (Å²) in [5.41, 5.74) is 3.81. The van der Waals surface area contributed by atoms with Crippen LogP contribution < -0.4 is 15.0 Å². The Morgan fingerprint density at radius 2 is 1.89 bits per heavy atom. The first-order chi connectivity index (χ1) is 17.4. The number of ether oxygens (including phenoxy) is 1. The largest absolute Gasteiger partial charge is 0.504 e. The van der Waals surface area contributed by atoms with E-state index in [1.807, 2.05) is 31.2 Å². The summed E-state index contributed by atoms with van der Waals surface area (Å²) in [5.74, 6) is 0.172. The van der Waals surface area contributed by atoms with Gasteiger partial charge < -0.3 is 19.7 Å². The molecule has 0 saturated carbocycles. The van der Waals surface area contributed by atoms with Gasteiger partial charge in [0.05, 0.1) is 24.4 Å². The summed E-state index contributed by atoms with van der Waals surface area (Å²) in [6, 6.07) is 17.2. The summed E-state index contributed by atoms with van der Waals surface area (Å²) in [6.07, 6.45) is 0. The summed E-state index contributed by atoms with van der Waals surface area (Å²) in [5, 5.41) is 17.4. The van der Waals surface area contributed by atoms with Crippen molar-refractivity contribution in [3.05, 3.63) is 95.3 Å². The predicted molar refractivity (Wildman–Crippen MR) is 132 cm³/mol. The lowest BCUT2D eigenvalue weighted by Gasteiger charge is -2.35. The van der Waals surface area contributed by atoms with Gasteiger partial charge in [-0.05, 0) is 61.4 Å². The van der Waals surface area contributed by atoms with E-state index < -0.39 is 11.9 Å². The average Bonchev–Trinajstić information content (AvgIpc) is 3.33. The number of carbonyl (C=O) groups is 1. The van der Waals surface area contributed by atoms with Crippen LogP contribution in [-0.4, -0.2) is 28.4 Å². The number of methoxy groups -OCH3 is 1. The number of phenolic OH excluding ortho intramolecular Hbond substituents is 1. The van der Waals surface area contributed by atoms with Gasteiger partial charge >= 0.3 is 6.03 Å². The monoisotopic (exact) mass is 486 g/mol. The Bertz CT molecular complexity index is 1500. The van der Waals surface area contributed by atoms with Gasteiger partial charge in [0.15, 0.2) is 11.5 Å². The number of phenols is 1. The zero-order valence-corrected chi connectivity index (χ0v) is 19.8. The third-order valence-electron chi connectivity index (χ3n) is 6.02. The van der Waals surface area contributed by atoms with Crippen LogP contribution in [0.5, 0.6) is 11.5 Å². The number of urea groups is 1. The van der Waals surface area contributed by atoms with Crippen LogP contribution in [0.15, 0.2) is 77.0 Å². The minimum atomic E-state index is -0.712. The van der Waals surface area contributed by atoms with Crippen LogP contribution in [0.3, 0.4) is 0 Å². The lowest BCUT2D eigenvalue weighted by molar-refractivity contribution is 0.244. The third-order valence-corrected chi connectivity index (χ3v) is 6.02. The van der Waals surface area contributed by atoms with E-state index in [0.717, 1.165) is 5.56 Å².